The second-order valence-electron chi connectivity index (χ2n) is 10.7. The Kier molecular flexibility index (Phi) is 6.93. The predicted octanol–water partition coefficient (Wildman–Crippen LogP) is 5.41. The summed E-state index contributed by atoms with van der Waals surface area (Å²) < 4.78 is 0. The molecular formula is C31H34N4O3. The summed E-state index contributed by atoms with van der Waals surface area (Å²) >= 11 is 0. The molecule has 2 amide bonds. The van der Waals surface area contributed by atoms with Crippen LogP contribution in [0.4, 0.5) is 11.4 Å². The van der Waals surface area contributed by atoms with Gasteiger partial charge in [-0.05, 0) is 90.3 Å². The van der Waals surface area contributed by atoms with Gasteiger partial charge in [-0.1, -0.05) is 32.6 Å². The lowest BCUT2D eigenvalue weighted by Crippen LogP contribution is -2.56. The molecule has 0 unspecified atom stereocenters. The van der Waals surface area contributed by atoms with Crippen molar-refractivity contribution in [1.29, 1.82) is 0 Å². The number of pyridine rings is 1. The van der Waals surface area contributed by atoms with Crippen LogP contribution in [0.1, 0.15) is 65.6 Å². The molecule has 1 aliphatic heterocycles. The molecule has 1 aromatic heterocycles. The zero-order valence-electron chi connectivity index (χ0n) is 22.1. The Hall–Kier alpha value is -4.13. The quantitative estimate of drug-likeness (QED) is 0.353. The van der Waals surface area contributed by atoms with Crippen molar-refractivity contribution in [3.05, 3.63) is 93.9 Å². The van der Waals surface area contributed by atoms with Crippen molar-refractivity contribution in [3.63, 3.8) is 0 Å². The number of amides is 2. The van der Waals surface area contributed by atoms with E-state index in [1.54, 1.807) is 11.1 Å². The van der Waals surface area contributed by atoms with Crippen LogP contribution in [0.3, 0.4) is 0 Å². The summed E-state index contributed by atoms with van der Waals surface area (Å²) in [6.45, 7) is 10.9. The van der Waals surface area contributed by atoms with Gasteiger partial charge in [0.25, 0.3) is 11.5 Å². The minimum Gasteiger partial charge on any atom is -0.374 e. The fraction of sp³-hybridized carbons (Fsp3) is 0.323. The van der Waals surface area contributed by atoms with Crippen LogP contribution in [0, 0.1) is 6.92 Å². The standard InChI is InChI=1S/C31H34N4O3/c1-5-29(36)35-16-26(17-35)33-28-14-24(15-32-31(28)38)22-11-21(20-6-7-20)12-23(13-22)30(37)34-25-8-9-27(18(2)3)19(4)10-25/h5,8-15,18,20,26,33H,1,6-7,16-17H2,2-4H3,(H,32,38)(H,34,37). The van der Waals surface area contributed by atoms with Crippen molar-refractivity contribution in [2.24, 2.45) is 0 Å². The summed E-state index contributed by atoms with van der Waals surface area (Å²) in [7, 11) is 0. The van der Waals surface area contributed by atoms with Crippen LogP contribution in [-0.2, 0) is 4.79 Å². The molecule has 3 aromatic rings. The van der Waals surface area contributed by atoms with E-state index < -0.39 is 0 Å². The molecule has 2 heterocycles. The van der Waals surface area contributed by atoms with Gasteiger partial charge in [0.05, 0.1) is 6.04 Å². The van der Waals surface area contributed by atoms with Gasteiger partial charge in [-0.2, -0.15) is 0 Å². The number of hydrogen-bond acceptors (Lipinski definition) is 4. The van der Waals surface area contributed by atoms with Gasteiger partial charge in [0.2, 0.25) is 5.91 Å². The summed E-state index contributed by atoms with van der Waals surface area (Å²) in [5, 5.41) is 6.31. The number of carbonyl (C=O) groups is 2. The Bertz CT molecular complexity index is 1460. The monoisotopic (exact) mass is 510 g/mol. The Labute approximate surface area is 223 Å². The number of H-pyrrole nitrogens is 1. The molecule has 0 atom stereocenters. The lowest BCUT2D eigenvalue weighted by Gasteiger charge is -2.39. The zero-order valence-corrected chi connectivity index (χ0v) is 22.1. The van der Waals surface area contributed by atoms with Crippen LogP contribution in [-0.4, -0.2) is 40.8 Å². The van der Waals surface area contributed by atoms with Crippen molar-refractivity contribution >= 4 is 23.2 Å². The normalized spacial score (nSPS) is 15.2. The van der Waals surface area contributed by atoms with Gasteiger partial charge >= 0.3 is 0 Å². The van der Waals surface area contributed by atoms with Crippen molar-refractivity contribution in [2.45, 2.75) is 51.5 Å². The maximum atomic E-state index is 13.3. The molecule has 196 valence electrons. The van der Waals surface area contributed by atoms with Gasteiger partial charge in [-0.3, -0.25) is 14.4 Å². The molecule has 0 spiro atoms. The zero-order chi connectivity index (χ0) is 27.0. The van der Waals surface area contributed by atoms with Crippen LogP contribution >= 0.6 is 0 Å². The highest BCUT2D eigenvalue weighted by atomic mass is 16.2. The van der Waals surface area contributed by atoms with E-state index in [-0.39, 0.29) is 23.4 Å². The summed E-state index contributed by atoms with van der Waals surface area (Å²) in [5.41, 5.74) is 6.84. The van der Waals surface area contributed by atoms with Gasteiger partial charge in [0, 0.05) is 36.1 Å². The summed E-state index contributed by atoms with van der Waals surface area (Å²) in [5.74, 6) is 0.610. The lowest BCUT2D eigenvalue weighted by molar-refractivity contribution is -0.129. The Morgan fingerprint density at radius 3 is 2.50 bits per heavy atom. The molecule has 5 rings (SSSR count). The largest absolute Gasteiger partial charge is 0.374 e. The number of aromatic amines is 1. The van der Waals surface area contributed by atoms with Gasteiger partial charge in [0.1, 0.15) is 5.69 Å². The maximum Gasteiger partial charge on any atom is 0.271 e. The van der Waals surface area contributed by atoms with Crippen LogP contribution in [0.2, 0.25) is 0 Å². The average Bonchev–Trinajstić information content (AvgIpc) is 3.72. The van der Waals surface area contributed by atoms with Crippen LogP contribution in [0.5, 0.6) is 0 Å². The summed E-state index contributed by atoms with van der Waals surface area (Å²) in [6, 6.07) is 13.8. The Morgan fingerprint density at radius 1 is 1.08 bits per heavy atom. The van der Waals surface area contributed by atoms with E-state index in [0.29, 0.717) is 36.2 Å². The van der Waals surface area contributed by atoms with Crippen molar-refractivity contribution in [2.75, 3.05) is 23.7 Å². The number of aryl methyl sites for hydroxylation is 1. The number of anilines is 2. The number of rotatable bonds is 8. The van der Waals surface area contributed by atoms with E-state index in [2.05, 4.69) is 55.1 Å². The van der Waals surface area contributed by atoms with Gasteiger partial charge in [0.15, 0.2) is 0 Å². The molecule has 2 fully saturated rings. The molecule has 0 radical (unpaired) electrons. The van der Waals surface area contributed by atoms with Gasteiger partial charge in [-0.15, -0.1) is 0 Å². The maximum absolute atomic E-state index is 13.3. The smallest absolute Gasteiger partial charge is 0.271 e. The minimum atomic E-state index is -0.223. The molecular weight excluding hydrogens is 476 g/mol. The first kappa shape index (κ1) is 25.5. The molecule has 0 bridgehead atoms. The first-order valence-corrected chi connectivity index (χ1v) is 13.2. The molecule has 1 saturated carbocycles. The number of carbonyl (C=O) groups excluding carboxylic acids is 2. The molecule has 7 heteroatoms. The third-order valence-corrected chi connectivity index (χ3v) is 7.38. The number of nitrogens with zero attached hydrogens (tertiary/aromatic N) is 1. The molecule has 1 aliphatic carbocycles. The molecule has 2 aliphatic rings. The fourth-order valence-corrected chi connectivity index (χ4v) is 5.06. The number of nitrogens with one attached hydrogen (secondary N) is 3. The van der Waals surface area contributed by atoms with E-state index in [4.69, 9.17) is 0 Å². The summed E-state index contributed by atoms with van der Waals surface area (Å²) in [4.78, 5) is 42.1. The molecule has 2 aromatic carbocycles. The fourth-order valence-electron chi connectivity index (χ4n) is 5.06. The molecule has 38 heavy (non-hydrogen) atoms. The van der Waals surface area contributed by atoms with Gasteiger partial charge in [-0.25, -0.2) is 0 Å². The second kappa shape index (κ2) is 10.3. The third kappa shape index (κ3) is 5.42. The van der Waals surface area contributed by atoms with Crippen molar-refractivity contribution < 1.29 is 9.59 Å². The van der Waals surface area contributed by atoms with E-state index in [0.717, 1.165) is 40.8 Å². The topological polar surface area (TPSA) is 94.3 Å². The minimum absolute atomic E-state index is 0.0000667. The summed E-state index contributed by atoms with van der Waals surface area (Å²) in [6.07, 6.45) is 5.20. The van der Waals surface area contributed by atoms with E-state index in [9.17, 15) is 14.4 Å². The van der Waals surface area contributed by atoms with Crippen LogP contribution < -0.4 is 16.2 Å². The second-order valence-corrected chi connectivity index (χ2v) is 10.7. The number of benzene rings is 2. The Balaban J connectivity index is 1.39. The highest BCUT2D eigenvalue weighted by Gasteiger charge is 2.30. The molecule has 3 N–H and O–H groups in total. The van der Waals surface area contributed by atoms with E-state index in [1.165, 1.54) is 11.6 Å². The number of aromatic nitrogens is 1. The average molecular weight is 511 g/mol. The highest BCUT2D eigenvalue weighted by molar-refractivity contribution is 6.05. The highest BCUT2D eigenvalue weighted by Crippen LogP contribution is 2.42. The Morgan fingerprint density at radius 2 is 1.84 bits per heavy atom. The van der Waals surface area contributed by atoms with E-state index in [1.807, 2.05) is 30.3 Å². The van der Waals surface area contributed by atoms with Crippen LogP contribution in [0.15, 0.2) is 66.1 Å². The molecule has 1 saturated heterocycles. The number of hydrogen-bond donors (Lipinski definition) is 3. The lowest BCUT2D eigenvalue weighted by atomic mass is 9.97. The SMILES string of the molecule is C=CC(=O)N1CC(Nc2cc(-c3cc(C(=O)Nc4ccc(C(C)C)c(C)c4)cc(C4CC4)c3)c[nH]c2=O)C1. The molecule has 7 nitrogen and oxygen atoms in total. The third-order valence-electron chi connectivity index (χ3n) is 7.38. The number of likely N-dealkylation sites (tertiary alicyclic amines) is 1. The van der Waals surface area contributed by atoms with Crippen molar-refractivity contribution in [1.82, 2.24) is 9.88 Å². The van der Waals surface area contributed by atoms with E-state index >= 15 is 0 Å². The van der Waals surface area contributed by atoms with Crippen molar-refractivity contribution in [3.8, 4) is 11.1 Å². The first-order valence-electron chi connectivity index (χ1n) is 13.2. The van der Waals surface area contributed by atoms with Gasteiger partial charge < -0.3 is 20.5 Å². The predicted molar refractivity (Wildman–Crippen MR) is 152 cm³/mol. The van der Waals surface area contributed by atoms with Crippen LogP contribution in [0.25, 0.3) is 11.1 Å². The first-order chi connectivity index (χ1) is 18.2.